The summed E-state index contributed by atoms with van der Waals surface area (Å²) in [5, 5.41) is 0. The zero-order chi connectivity index (χ0) is 17.7. The molecule has 3 rings (SSSR count). The number of likely N-dealkylation sites (tertiary alicyclic amines) is 1. The second kappa shape index (κ2) is 7.80. The SMILES string of the molecule is O=C([C@@H](NS(=O)(=O)c1ccccc1)c1ccccc1)N1CCCCC1. The molecule has 0 spiro atoms. The number of rotatable bonds is 5. The van der Waals surface area contributed by atoms with Gasteiger partial charge in [0.2, 0.25) is 15.9 Å². The number of nitrogens with zero attached hydrogens (tertiary/aromatic N) is 1. The van der Waals surface area contributed by atoms with E-state index in [-0.39, 0.29) is 10.8 Å². The second-order valence-electron chi connectivity index (χ2n) is 6.16. The standard InChI is InChI=1S/C19H22N2O3S/c22-19(21-14-8-3-9-15-21)18(16-10-4-1-5-11-16)20-25(23,24)17-12-6-2-7-13-17/h1-2,4-7,10-13,18,20H,3,8-9,14-15H2/t18-/m0/s1. The van der Waals surface area contributed by atoms with Gasteiger partial charge in [0, 0.05) is 13.1 Å². The average molecular weight is 358 g/mol. The molecule has 0 aromatic heterocycles. The Hall–Kier alpha value is -2.18. The van der Waals surface area contributed by atoms with E-state index in [9.17, 15) is 13.2 Å². The van der Waals surface area contributed by atoms with Crippen LogP contribution in [0.1, 0.15) is 30.9 Å². The molecule has 5 nitrogen and oxygen atoms in total. The van der Waals surface area contributed by atoms with Gasteiger partial charge in [0.25, 0.3) is 0 Å². The summed E-state index contributed by atoms with van der Waals surface area (Å²) in [6.45, 7) is 1.35. The quantitative estimate of drug-likeness (QED) is 0.894. The predicted molar refractivity (Wildman–Crippen MR) is 96.4 cm³/mol. The maximum Gasteiger partial charge on any atom is 0.245 e. The van der Waals surface area contributed by atoms with E-state index in [4.69, 9.17) is 0 Å². The van der Waals surface area contributed by atoms with Crippen LogP contribution in [0, 0.1) is 0 Å². The maximum absolute atomic E-state index is 13.0. The van der Waals surface area contributed by atoms with Gasteiger partial charge in [0.1, 0.15) is 6.04 Å². The fourth-order valence-electron chi connectivity index (χ4n) is 3.03. The first kappa shape index (κ1) is 17.6. The van der Waals surface area contributed by atoms with Crippen molar-refractivity contribution in [2.24, 2.45) is 0 Å². The Kier molecular flexibility index (Phi) is 5.50. The molecule has 0 unspecified atom stereocenters. The molecule has 0 aliphatic carbocycles. The lowest BCUT2D eigenvalue weighted by atomic mass is 10.0. The van der Waals surface area contributed by atoms with Crippen LogP contribution in [0.5, 0.6) is 0 Å². The van der Waals surface area contributed by atoms with Gasteiger partial charge in [-0.3, -0.25) is 4.79 Å². The van der Waals surface area contributed by atoms with Crippen molar-refractivity contribution >= 4 is 15.9 Å². The van der Waals surface area contributed by atoms with Crippen LogP contribution in [0.4, 0.5) is 0 Å². The number of amides is 1. The number of carbonyl (C=O) groups excluding carboxylic acids is 1. The third-order valence-corrected chi connectivity index (χ3v) is 5.81. The summed E-state index contributed by atoms with van der Waals surface area (Å²) in [4.78, 5) is 14.9. The highest BCUT2D eigenvalue weighted by atomic mass is 32.2. The molecular weight excluding hydrogens is 336 g/mol. The molecule has 1 fully saturated rings. The van der Waals surface area contributed by atoms with Gasteiger partial charge < -0.3 is 4.90 Å². The van der Waals surface area contributed by atoms with E-state index in [2.05, 4.69) is 4.72 Å². The van der Waals surface area contributed by atoms with Crippen molar-refractivity contribution in [1.82, 2.24) is 9.62 Å². The summed E-state index contributed by atoms with van der Waals surface area (Å²) >= 11 is 0. The molecule has 1 aliphatic heterocycles. The molecule has 0 radical (unpaired) electrons. The van der Waals surface area contributed by atoms with Crippen LogP contribution >= 0.6 is 0 Å². The third-order valence-electron chi connectivity index (χ3n) is 4.37. The van der Waals surface area contributed by atoms with Crippen LogP contribution in [-0.4, -0.2) is 32.3 Å². The van der Waals surface area contributed by atoms with Crippen LogP contribution in [-0.2, 0) is 14.8 Å². The zero-order valence-corrected chi connectivity index (χ0v) is 14.8. The molecule has 1 saturated heterocycles. The highest BCUT2D eigenvalue weighted by molar-refractivity contribution is 7.89. The minimum absolute atomic E-state index is 0.155. The van der Waals surface area contributed by atoms with E-state index in [1.807, 2.05) is 18.2 Å². The molecular formula is C19H22N2O3S. The Morgan fingerprint density at radius 3 is 2.04 bits per heavy atom. The first-order valence-corrected chi connectivity index (χ1v) is 9.97. The molecule has 1 aliphatic rings. The van der Waals surface area contributed by atoms with Crippen molar-refractivity contribution in [2.45, 2.75) is 30.2 Å². The van der Waals surface area contributed by atoms with E-state index in [0.29, 0.717) is 18.7 Å². The van der Waals surface area contributed by atoms with Crippen LogP contribution in [0.3, 0.4) is 0 Å². The summed E-state index contributed by atoms with van der Waals surface area (Å²) in [6, 6.07) is 16.2. The zero-order valence-electron chi connectivity index (χ0n) is 14.0. The van der Waals surface area contributed by atoms with Gasteiger partial charge in [0.15, 0.2) is 0 Å². The predicted octanol–water partition coefficient (Wildman–Crippen LogP) is 2.72. The first-order valence-electron chi connectivity index (χ1n) is 8.49. The largest absolute Gasteiger partial charge is 0.341 e. The third kappa shape index (κ3) is 4.27. The van der Waals surface area contributed by atoms with Gasteiger partial charge in [-0.15, -0.1) is 0 Å². The van der Waals surface area contributed by atoms with Crippen LogP contribution in [0.15, 0.2) is 65.6 Å². The Morgan fingerprint density at radius 2 is 1.44 bits per heavy atom. The summed E-state index contributed by atoms with van der Waals surface area (Å²) < 4.78 is 28.0. The topological polar surface area (TPSA) is 66.5 Å². The molecule has 6 heteroatoms. The smallest absolute Gasteiger partial charge is 0.245 e. The van der Waals surface area contributed by atoms with Gasteiger partial charge >= 0.3 is 0 Å². The van der Waals surface area contributed by atoms with Crippen LogP contribution < -0.4 is 4.72 Å². The number of piperidine rings is 1. The lowest BCUT2D eigenvalue weighted by Crippen LogP contribution is -2.44. The van der Waals surface area contributed by atoms with Crippen LogP contribution in [0.25, 0.3) is 0 Å². The molecule has 2 aromatic carbocycles. The van der Waals surface area contributed by atoms with E-state index >= 15 is 0 Å². The Balaban J connectivity index is 1.90. The minimum Gasteiger partial charge on any atom is -0.341 e. The van der Waals surface area contributed by atoms with Crippen molar-refractivity contribution in [3.8, 4) is 0 Å². The summed E-state index contributed by atoms with van der Waals surface area (Å²) in [6.07, 6.45) is 3.02. The molecule has 2 aromatic rings. The number of hydrogen-bond donors (Lipinski definition) is 1. The molecule has 1 atom stereocenters. The Labute approximate surface area is 148 Å². The van der Waals surface area contributed by atoms with E-state index in [1.165, 1.54) is 12.1 Å². The Morgan fingerprint density at radius 1 is 0.880 bits per heavy atom. The summed E-state index contributed by atoms with van der Waals surface area (Å²) in [7, 11) is -3.79. The number of benzene rings is 2. The highest BCUT2D eigenvalue weighted by Crippen LogP contribution is 2.21. The van der Waals surface area contributed by atoms with Crippen molar-refractivity contribution in [3.05, 3.63) is 66.2 Å². The van der Waals surface area contributed by atoms with Gasteiger partial charge in [-0.05, 0) is 37.0 Å². The van der Waals surface area contributed by atoms with Crippen molar-refractivity contribution in [2.75, 3.05) is 13.1 Å². The molecule has 0 bridgehead atoms. The van der Waals surface area contributed by atoms with E-state index < -0.39 is 16.1 Å². The number of carbonyl (C=O) groups is 1. The number of hydrogen-bond acceptors (Lipinski definition) is 3. The molecule has 132 valence electrons. The lowest BCUT2D eigenvalue weighted by molar-refractivity contribution is -0.134. The van der Waals surface area contributed by atoms with Crippen molar-refractivity contribution in [1.29, 1.82) is 0 Å². The second-order valence-corrected chi connectivity index (χ2v) is 7.88. The Bertz CT molecular complexity index is 801. The van der Waals surface area contributed by atoms with E-state index in [0.717, 1.165) is 19.3 Å². The summed E-state index contributed by atoms with van der Waals surface area (Å²) in [5.74, 6) is -0.189. The van der Waals surface area contributed by atoms with Gasteiger partial charge in [-0.1, -0.05) is 48.5 Å². The molecule has 25 heavy (non-hydrogen) atoms. The highest BCUT2D eigenvalue weighted by Gasteiger charge is 2.31. The fourth-order valence-corrected chi connectivity index (χ4v) is 4.22. The number of sulfonamides is 1. The molecule has 1 heterocycles. The van der Waals surface area contributed by atoms with Gasteiger partial charge in [-0.2, -0.15) is 4.72 Å². The molecule has 1 amide bonds. The van der Waals surface area contributed by atoms with Crippen molar-refractivity contribution in [3.63, 3.8) is 0 Å². The van der Waals surface area contributed by atoms with Gasteiger partial charge in [0.05, 0.1) is 4.90 Å². The van der Waals surface area contributed by atoms with Crippen LogP contribution in [0.2, 0.25) is 0 Å². The molecule has 0 saturated carbocycles. The first-order chi connectivity index (χ1) is 12.1. The van der Waals surface area contributed by atoms with Crippen molar-refractivity contribution < 1.29 is 13.2 Å². The number of nitrogens with one attached hydrogen (secondary N) is 1. The molecule has 1 N–H and O–H groups in total. The average Bonchev–Trinajstić information content (AvgIpc) is 2.68. The van der Waals surface area contributed by atoms with Gasteiger partial charge in [-0.25, -0.2) is 8.42 Å². The maximum atomic E-state index is 13.0. The lowest BCUT2D eigenvalue weighted by Gasteiger charge is -2.30. The minimum atomic E-state index is -3.79. The fraction of sp³-hybridized carbons (Fsp3) is 0.316. The summed E-state index contributed by atoms with van der Waals surface area (Å²) in [5.41, 5.74) is 0.651. The normalized spacial score (nSPS) is 16.4. The van der Waals surface area contributed by atoms with E-state index in [1.54, 1.807) is 35.2 Å². The monoisotopic (exact) mass is 358 g/mol.